The van der Waals surface area contributed by atoms with Crippen molar-refractivity contribution in [3.8, 4) is 11.5 Å². The topological polar surface area (TPSA) is 81.9 Å². The number of carbonyl (C=O) groups is 2. The lowest BCUT2D eigenvalue weighted by Crippen LogP contribution is -2.48. The maximum atomic E-state index is 12.6. The van der Waals surface area contributed by atoms with E-state index in [0.29, 0.717) is 11.3 Å². The lowest BCUT2D eigenvalue weighted by molar-refractivity contribution is -0.120. The molecule has 146 valence electrons. The molecule has 1 heterocycles. The van der Waals surface area contributed by atoms with Crippen molar-refractivity contribution in [3.05, 3.63) is 64.7 Å². The molecular formula is C22H24N2O4. The summed E-state index contributed by atoms with van der Waals surface area (Å²) in [6.45, 7) is 9.59. The number of aryl methyl sites for hydroxylation is 2. The minimum atomic E-state index is -0.545. The summed E-state index contributed by atoms with van der Waals surface area (Å²) in [5.41, 5.74) is 10.2. The number of methoxy groups -OCH3 is 1. The molecule has 0 unspecified atom stereocenters. The van der Waals surface area contributed by atoms with Crippen LogP contribution in [0.3, 0.4) is 0 Å². The Hall–Kier alpha value is -3.28. The van der Waals surface area contributed by atoms with Gasteiger partial charge in [-0.2, -0.15) is 0 Å². The first-order valence-electron chi connectivity index (χ1n) is 8.93. The highest BCUT2D eigenvalue weighted by atomic mass is 16.5. The molecule has 0 spiro atoms. The fraction of sp³-hybridized carbons (Fsp3) is 0.273. The predicted molar refractivity (Wildman–Crippen MR) is 108 cm³/mol. The number of primary amides is 1. The molecule has 0 radical (unpaired) electrons. The van der Waals surface area contributed by atoms with Crippen molar-refractivity contribution < 1.29 is 19.1 Å². The van der Waals surface area contributed by atoms with Crippen LogP contribution in [-0.2, 0) is 9.59 Å². The molecule has 1 fully saturated rings. The van der Waals surface area contributed by atoms with Gasteiger partial charge in [-0.05, 0) is 55.2 Å². The Morgan fingerprint density at radius 3 is 2.50 bits per heavy atom. The summed E-state index contributed by atoms with van der Waals surface area (Å²) >= 11 is 0. The van der Waals surface area contributed by atoms with Crippen molar-refractivity contribution in [2.75, 3.05) is 18.6 Å². The van der Waals surface area contributed by atoms with Crippen LogP contribution in [0.2, 0.25) is 0 Å². The molecule has 6 heteroatoms. The Bertz CT molecular complexity index is 981. The van der Waals surface area contributed by atoms with Gasteiger partial charge < -0.3 is 15.2 Å². The number of β-lactam (4-membered cyclic amide) rings is 1. The Balaban J connectivity index is 1.99. The van der Waals surface area contributed by atoms with Crippen molar-refractivity contribution in [3.63, 3.8) is 0 Å². The van der Waals surface area contributed by atoms with Crippen LogP contribution in [0.1, 0.15) is 28.3 Å². The van der Waals surface area contributed by atoms with Crippen LogP contribution >= 0.6 is 0 Å². The molecular weight excluding hydrogens is 356 g/mol. The minimum absolute atomic E-state index is 0.129. The van der Waals surface area contributed by atoms with Gasteiger partial charge in [0.2, 0.25) is 0 Å². The zero-order valence-corrected chi connectivity index (χ0v) is 16.5. The summed E-state index contributed by atoms with van der Waals surface area (Å²) in [4.78, 5) is 25.3. The highest BCUT2D eigenvalue weighted by Gasteiger charge is 2.43. The fourth-order valence-electron chi connectivity index (χ4n) is 3.35. The van der Waals surface area contributed by atoms with Crippen molar-refractivity contribution in [2.24, 2.45) is 5.73 Å². The normalized spacial score (nSPS) is 16.0. The number of anilines is 1. The van der Waals surface area contributed by atoms with Crippen LogP contribution in [0.15, 0.2) is 42.5 Å². The number of hydrogen-bond donors (Lipinski definition) is 1. The third-order valence-electron chi connectivity index (χ3n) is 5.08. The van der Waals surface area contributed by atoms with Crippen molar-refractivity contribution in [1.82, 2.24) is 0 Å². The zero-order chi connectivity index (χ0) is 20.6. The van der Waals surface area contributed by atoms with Gasteiger partial charge >= 0.3 is 0 Å². The van der Waals surface area contributed by atoms with E-state index in [4.69, 9.17) is 15.2 Å². The van der Waals surface area contributed by atoms with Gasteiger partial charge in [0.05, 0.1) is 13.2 Å². The van der Waals surface area contributed by atoms with Crippen molar-refractivity contribution in [1.29, 1.82) is 0 Å². The van der Waals surface area contributed by atoms with Gasteiger partial charge in [0, 0.05) is 17.3 Å². The number of hydrogen-bond acceptors (Lipinski definition) is 4. The molecule has 1 aliphatic rings. The van der Waals surface area contributed by atoms with Crippen LogP contribution in [-0.4, -0.2) is 25.5 Å². The lowest BCUT2D eigenvalue weighted by Gasteiger charge is -2.43. The van der Waals surface area contributed by atoms with E-state index in [-0.39, 0.29) is 18.6 Å². The summed E-state index contributed by atoms with van der Waals surface area (Å²) < 4.78 is 11.0. The van der Waals surface area contributed by atoms with Crippen LogP contribution in [0.25, 0.3) is 0 Å². The molecule has 28 heavy (non-hydrogen) atoms. The summed E-state index contributed by atoms with van der Waals surface area (Å²) in [6, 6.07) is 9.16. The van der Waals surface area contributed by atoms with Gasteiger partial charge in [-0.15, -0.1) is 0 Å². The predicted octanol–water partition coefficient (Wildman–Crippen LogP) is 3.13. The standard InChI is InChI=1S/C22H24N2O4/c1-12-6-7-16(9-18(12)28-11-20(23)25)21-15(4)22(26)24(21)17-8-13(2)14(3)19(10-17)27-5/h6-10,21H,4,11H2,1-3,5H3,(H2,23,25)/t21-/m1/s1. The number of rotatable bonds is 6. The van der Waals surface area contributed by atoms with Crippen LogP contribution in [0.4, 0.5) is 5.69 Å². The Labute approximate surface area is 164 Å². The number of nitrogens with zero attached hydrogens (tertiary/aromatic N) is 1. The third-order valence-corrected chi connectivity index (χ3v) is 5.08. The maximum absolute atomic E-state index is 12.6. The summed E-state index contributed by atoms with van der Waals surface area (Å²) in [5.74, 6) is 0.613. The molecule has 1 atom stereocenters. The quantitative estimate of drug-likeness (QED) is 0.617. The molecule has 1 saturated heterocycles. The van der Waals surface area contributed by atoms with E-state index in [9.17, 15) is 9.59 Å². The molecule has 0 bridgehead atoms. The first-order valence-corrected chi connectivity index (χ1v) is 8.93. The number of carbonyl (C=O) groups excluding carboxylic acids is 2. The molecule has 3 rings (SSSR count). The van der Waals surface area contributed by atoms with Gasteiger partial charge in [-0.25, -0.2) is 0 Å². The molecule has 0 aromatic heterocycles. The Morgan fingerprint density at radius 1 is 1.14 bits per heavy atom. The van der Waals surface area contributed by atoms with Gasteiger partial charge in [0.1, 0.15) is 11.5 Å². The molecule has 2 aromatic rings. The van der Waals surface area contributed by atoms with Crippen molar-refractivity contribution in [2.45, 2.75) is 26.8 Å². The second-order valence-electron chi connectivity index (χ2n) is 6.97. The molecule has 0 aliphatic carbocycles. The average Bonchev–Trinajstić information content (AvgIpc) is 2.67. The minimum Gasteiger partial charge on any atom is -0.496 e. The van der Waals surface area contributed by atoms with Gasteiger partial charge in [0.15, 0.2) is 6.61 Å². The molecule has 0 saturated carbocycles. The molecule has 2 N–H and O–H groups in total. The highest BCUT2D eigenvalue weighted by Crippen LogP contribution is 2.44. The van der Waals surface area contributed by atoms with E-state index in [0.717, 1.165) is 33.7 Å². The smallest absolute Gasteiger partial charge is 0.256 e. The zero-order valence-electron chi connectivity index (χ0n) is 16.5. The number of ether oxygens (including phenoxy) is 2. The third kappa shape index (κ3) is 3.33. The molecule has 2 amide bonds. The molecule has 2 aromatic carbocycles. The van der Waals surface area contributed by atoms with E-state index in [1.54, 1.807) is 12.0 Å². The average molecular weight is 380 g/mol. The van der Waals surface area contributed by atoms with Crippen LogP contribution < -0.4 is 20.1 Å². The molecule has 6 nitrogen and oxygen atoms in total. The largest absolute Gasteiger partial charge is 0.496 e. The van der Waals surface area contributed by atoms with Crippen molar-refractivity contribution >= 4 is 17.5 Å². The highest BCUT2D eigenvalue weighted by molar-refractivity contribution is 6.15. The lowest BCUT2D eigenvalue weighted by atomic mass is 9.87. The monoisotopic (exact) mass is 380 g/mol. The van der Waals surface area contributed by atoms with E-state index >= 15 is 0 Å². The number of amides is 2. The SMILES string of the molecule is C=C1C(=O)N(c2cc(C)c(C)c(OC)c2)[C@H]1c1ccc(C)c(OCC(N)=O)c1. The second-order valence-corrected chi connectivity index (χ2v) is 6.97. The van der Waals surface area contributed by atoms with Crippen LogP contribution in [0, 0.1) is 20.8 Å². The molecule has 1 aliphatic heterocycles. The maximum Gasteiger partial charge on any atom is 0.256 e. The number of nitrogens with two attached hydrogens (primary N) is 1. The summed E-state index contributed by atoms with van der Waals surface area (Å²) in [6.07, 6.45) is 0. The number of benzene rings is 2. The first-order chi connectivity index (χ1) is 13.2. The van der Waals surface area contributed by atoms with Gasteiger partial charge in [0.25, 0.3) is 11.8 Å². The summed E-state index contributed by atoms with van der Waals surface area (Å²) in [7, 11) is 1.61. The Morgan fingerprint density at radius 2 is 1.86 bits per heavy atom. The Kier molecular flexibility index (Phi) is 5.14. The van der Waals surface area contributed by atoms with E-state index in [1.165, 1.54) is 0 Å². The second kappa shape index (κ2) is 7.38. The first kappa shape index (κ1) is 19.5. The van der Waals surface area contributed by atoms with E-state index in [1.807, 2.05) is 51.1 Å². The van der Waals surface area contributed by atoms with Gasteiger partial charge in [-0.3, -0.25) is 14.5 Å². The van der Waals surface area contributed by atoms with Gasteiger partial charge in [-0.1, -0.05) is 18.7 Å². The van der Waals surface area contributed by atoms with Crippen LogP contribution in [0.5, 0.6) is 11.5 Å². The fourth-order valence-corrected chi connectivity index (χ4v) is 3.35. The van der Waals surface area contributed by atoms with E-state index in [2.05, 4.69) is 6.58 Å². The summed E-state index contributed by atoms with van der Waals surface area (Å²) in [5, 5.41) is 0. The van der Waals surface area contributed by atoms with E-state index < -0.39 is 5.91 Å².